The fourth-order valence-corrected chi connectivity index (χ4v) is 3.97. The Morgan fingerprint density at radius 2 is 1.70 bits per heavy atom. The van der Waals surface area contributed by atoms with Crippen LogP contribution in [0.3, 0.4) is 0 Å². The van der Waals surface area contributed by atoms with Gasteiger partial charge in [0.15, 0.2) is 0 Å². The zero-order valence-electron chi connectivity index (χ0n) is 17.5. The van der Waals surface area contributed by atoms with Crippen molar-refractivity contribution in [3.8, 4) is 11.1 Å². The fourth-order valence-electron chi connectivity index (χ4n) is 3.61. The molecule has 0 aliphatic carbocycles. The standard InChI is InChI=1S/C26H34S/c1-6-19(2)17-25(27)16-8-7-11-20(3)23-14-10-15-24(18-23)26-21(4)12-9-13-22(26)5/h6,9-10,12-15,17-18,20,27H,7-8,11,16H2,1-5H3/b19-6-,25-17+. The van der Waals surface area contributed by atoms with Gasteiger partial charge in [-0.05, 0) is 85.6 Å². The summed E-state index contributed by atoms with van der Waals surface area (Å²) in [6.45, 7) is 11.0. The molecule has 1 heteroatoms. The van der Waals surface area contributed by atoms with Crippen molar-refractivity contribution < 1.29 is 0 Å². The van der Waals surface area contributed by atoms with E-state index in [1.807, 2.05) is 0 Å². The summed E-state index contributed by atoms with van der Waals surface area (Å²) >= 11 is 4.61. The molecule has 2 rings (SSSR count). The third-order valence-electron chi connectivity index (χ3n) is 5.40. The molecule has 0 N–H and O–H groups in total. The average Bonchev–Trinajstić information content (AvgIpc) is 2.65. The predicted octanol–water partition coefficient (Wildman–Crippen LogP) is 8.41. The molecule has 0 spiro atoms. The normalized spacial score (nSPS) is 13.7. The lowest BCUT2D eigenvalue weighted by atomic mass is 9.90. The lowest BCUT2D eigenvalue weighted by molar-refractivity contribution is 0.607. The van der Waals surface area contributed by atoms with Crippen LogP contribution in [-0.4, -0.2) is 0 Å². The molecular formula is C26H34S. The molecule has 0 heterocycles. The number of hydrogen-bond donors (Lipinski definition) is 1. The Kier molecular flexibility index (Phi) is 8.44. The summed E-state index contributed by atoms with van der Waals surface area (Å²) in [5.41, 5.74) is 8.17. The minimum atomic E-state index is 0.582. The highest BCUT2D eigenvalue weighted by atomic mass is 32.1. The molecule has 0 nitrogen and oxygen atoms in total. The first-order chi connectivity index (χ1) is 12.9. The fraction of sp³-hybridized carbons (Fsp3) is 0.385. The molecule has 0 aliphatic heterocycles. The maximum atomic E-state index is 4.61. The Balaban J connectivity index is 1.98. The molecule has 0 saturated carbocycles. The van der Waals surface area contributed by atoms with Gasteiger partial charge in [-0.3, -0.25) is 0 Å². The summed E-state index contributed by atoms with van der Waals surface area (Å²) in [5, 5.41) is 0. The van der Waals surface area contributed by atoms with Crippen molar-refractivity contribution in [2.75, 3.05) is 0 Å². The Bertz CT molecular complexity index is 790. The minimum Gasteiger partial charge on any atom is -0.148 e. The van der Waals surface area contributed by atoms with E-state index in [-0.39, 0.29) is 0 Å². The quantitative estimate of drug-likeness (QED) is 0.266. The zero-order valence-corrected chi connectivity index (χ0v) is 18.4. The third-order valence-corrected chi connectivity index (χ3v) is 5.75. The van der Waals surface area contributed by atoms with E-state index in [0.717, 1.165) is 6.42 Å². The Hall–Kier alpha value is -1.73. The summed E-state index contributed by atoms with van der Waals surface area (Å²) in [4.78, 5) is 1.19. The third kappa shape index (κ3) is 6.43. The monoisotopic (exact) mass is 378 g/mol. The number of rotatable bonds is 8. The molecule has 2 aromatic carbocycles. The SMILES string of the molecule is C/C=C(C)\C=C(\S)CCCCC(C)c1cccc(-c2c(C)cccc2C)c1. The summed E-state index contributed by atoms with van der Waals surface area (Å²) in [6, 6.07) is 15.7. The second-order valence-corrected chi connectivity index (χ2v) is 8.28. The first-order valence-electron chi connectivity index (χ1n) is 10.1. The molecule has 0 radical (unpaired) electrons. The number of thiol groups is 1. The maximum Gasteiger partial charge on any atom is -0.0125 e. The van der Waals surface area contributed by atoms with Gasteiger partial charge in [0, 0.05) is 0 Å². The molecule has 2 aromatic rings. The van der Waals surface area contributed by atoms with Crippen LogP contribution in [0.15, 0.2) is 65.1 Å². The summed E-state index contributed by atoms with van der Waals surface area (Å²) < 4.78 is 0. The number of benzene rings is 2. The number of unbranched alkanes of at least 4 members (excludes halogenated alkanes) is 1. The van der Waals surface area contributed by atoms with E-state index >= 15 is 0 Å². The van der Waals surface area contributed by atoms with Crippen LogP contribution >= 0.6 is 12.6 Å². The molecule has 0 aliphatic rings. The van der Waals surface area contributed by atoms with Gasteiger partial charge >= 0.3 is 0 Å². The minimum absolute atomic E-state index is 0.582. The smallest absolute Gasteiger partial charge is 0.0125 e. The molecule has 27 heavy (non-hydrogen) atoms. The van der Waals surface area contributed by atoms with Gasteiger partial charge in [0.25, 0.3) is 0 Å². The molecular weight excluding hydrogens is 344 g/mol. The summed E-state index contributed by atoms with van der Waals surface area (Å²) in [5.74, 6) is 0.582. The van der Waals surface area contributed by atoms with Crippen molar-refractivity contribution in [3.05, 3.63) is 81.8 Å². The van der Waals surface area contributed by atoms with Crippen LogP contribution in [0, 0.1) is 13.8 Å². The molecule has 0 bridgehead atoms. The van der Waals surface area contributed by atoms with Crippen molar-refractivity contribution in [2.24, 2.45) is 0 Å². The van der Waals surface area contributed by atoms with Crippen LogP contribution in [0.4, 0.5) is 0 Å². The van der Waals surface area contributed by atoms with Crippen LogP contribution in [0.1, 0.15) is 69.1 Å². The molecule has 0 saturated heterocycles. The maximum absolute atomic E-state index is 4.61. The van der Waals surface area contributed by atoms with Crippen molar-refractivity contribution in [1.82, 2.24) is 0 Å². The first-order valence-corrected chi connectivity index (χ1v) is 10.6. The van der Waals surface area contributed by atoms with Gasteiger partial charge in [0.2, 0.25) is 0 Å². The van der Waals surface area contributed by atoms with Crippen LogP contribution in [0.2, 0.25) is 0 Å². The van der Waals surface area contributed by atoms with E-state index in [0.29, 0.717) is 5.92 Å². The molecule has 0 amide bonds. The Morgan fingerprint density at radius 1 is 1.04 bits per heavy atom. The highest BCUT2D eigenvalue weighted by molar-refractivity contribution is 7.84. The summed E-state index contributed by atoms with van der Waals surface area (Å²) in [6.07, 6.45) is 9.04. The van der Waals surface area contributed by atoms with Crippen molar-refractivity contribution in [1.29, 1.82) is 0 Å². The van der Waals surface area contributed by atoms with Gasteiger partial charge in [-0.25, -0.2) is 0 Å². The van der Waals surface area contributed by atoms with E-state index in [2.05, 4.69) is 102 Å². The van der Waals surface area contributed by atoms with E-state index < -0.39 is 0 Å². The average molecular weight is 379 g/mol. The Morgan fingerprint density at radius 3 is 2.37 bits per heavy atom. The highest BCUT2D eigenvalue weighted by Gasteiger charge is 2.10. The van der Waals surface area contributed by atoms with Crippen molar-refractivity contribution >= 4 is 12.6 Å². The van der Waals surface area contributed by atoms with Gasteiger partial charge in [0.1, 0.15) is 0 Å². The Labute approximate surface area is 171 Å². The van der Waals surface area contributed by atoms with Gasteiger partial charge < -0.3 is 0 Å². The van der Waals surface area contributed by atoms with Gasteiger partial charge in [-0.2, -0.15) is 0 Å². The lowest BCUT2D eigenvalue weighted by Crippen LogP contribution is -1.96. The van der Waals surface area contributed by atoms with Gasteiger partial charge in [-0.1, -0.05) is 73.5 Å². The van der Waals surface area contributed by atoms with Crippen LogP contribution in [-0.2, 0) is 0 Å². The number of aryl methyl sites for hydroxylation is 2. The predicted molar refractivity (Wildman–Crippen MR) is 125 cm³/mol. The molecule has 1 atom stereocenters. The van der Waals surface area contributed by atoms with Gasteiger partial charge in [-0.15, -0.1) is 12.6 Å². The van der Waals surface area contributed by atoms with Crippen molar-refractivity contribution in [2.45, 2.75) is 66.2 Å². The highest BCUT2D eigenvalue weighted by Crippen LogP contribution is 2.31. The van der Waals surface area contributed by atoms with E-state index in [4.69, 9.17) is 0 Å². The second kappa shape index (κ2) is 10.6. The van der Waals surface area contributed by atoms with E-state index in [9.17, 15) is 0 Å². The number of allylic oxidation sites excluding steroid dienone is 4. The van der Waals surface area contributed by atoms with Crippen molar-refractivity contribution in [3.63, 3.8) is 0 Å². The van der Waals surface area contributed by atoms with Crippen LogP contribution < -0.4 is 0 Å². The first kappa shape index (κ1) is 21.6. The second-order valence-electron chi connectivity index (χ2n) is 7.71. The van der Waals surface area contributed by atoms with E-state index in [1.165, 1.54) is 57.6 Å². The van der Waals surface area contributed by atoms with E-state index in [1.54, 1.807) is 0 Å². The zero-order chi connectivity index (χ0) is 19.8. The molecule has 1 unspecified atom stereocenters. The topological polar surface area (TPSA) is 0 Å². The van der Waals surface area contributed by atoms with Crippen LogP contribution in [0.25, 0.3) is 11.1 Å². The molecule has 0 aromatic heterocycles. The largest absolute Gasteiger partial charge is 0.148 e. The van der Waals surface area contributed by atoms with Crippen LogP contribution in [0.5, 0.6) is 0 Å². The molecule has 0 fully saturated rings. The molecule has 144 valence electrons. The lowest BCUT2D eigenvalue weighted by Gasteiger charge is -2.15. The van der Waals surface area contributed by atoms with Gasteiger partial charge in [0.05, 0.1) is 0 Å². The summed E-state index contributed by atoms with van der Waals surface area (Å²) in [7, 11) is 0. The number of hydrogen-bond acceptors (Lipinski definition) is 1.